The average molecular weight is 290 g/mol. The molecule has 2 rings (SSSR count). The van der Waals surface area contributed by atoms with Gasteiger partial charge in [-0.05, 0) is 23.6 Å². The number of carbonyl (C=O) groups is 1. The van der Waals surface area contributed by atoms with Gasteiger partial charge < -0.3 is 4.74 Å². The zero-order valence-corrected chi connectivity index (χ0v) is 11.0. The molecule has 2 aromatic rings. The summed E-state index contributed by atoms with van der Waals surface area (Å²) in [6.07, 6.45) is 0. The van der Waals surface area contributed by atoms with Crippen LogP contribution in [0.25, 0.3) is 10.8 Å². The van der Waals surface area contributed by atoms with E-state index in [9.17, 15) is 4.79 Å². The van der Waals surface area contributed by atoms with Gasteiger partial charge in [0, 0.05) is 15.4 Å². The van der Waals surface area contributed by atoms with Gasteiger partial charge in [-0.1, -0.05) is 40.9 Å². The Kier molecular flexibility index (Phi) is 3.48. The van der Waals surface area contributed by atoms with Crippen molar-refractivity contribution in [2.45, 2.75) is 0 Å². The van der Waals surface area contributed by atoms with Crippen LogP contribution in [0.3, 0.4) is 0 Å². The summed E-state index contributed by atoms with van der Waals surface area (Å²) in [5.74, 6) is -0.501. The van der Waals surface area contributed by atoms with Crippen molar-refractivity contribution >= 4 is 51.5 Å². The molecule has 0 aromatic heterocycles. The number of hydrogen-bond donors (Lipinski definition) is 0. The molecule has 0 fully saturated rings. The molecule has 0 aliphatic rings. The molecule has 0 saturated heterocycles. The van der Waals surface area contributed by atoms with Crippen molar-refractivity contribution < 1.29 is 9.53 Å². The van der Waals surface area contributed by atoms with Gasteiger partial charge in [0.2, 0.25) is 0 Å². The number of rotatable bonds is 1. The van der Waals surface area contributed by atoms with Crippen molar-refractivity contribution in [3.63, 3.8) is 0 Å². The quantitative estimate of drug-likeness (QED) is 0.718. The molecule has 0 N–H and O–H groups in total. The van der Waals surface area contributed by atoms with Crippen molar-refractivity contribution in [1.29, 1.82) is 0 Å². The highest BCUT2D eigenvalue weighted by molar-refractivity contribution is 6.41. The van der Waals surface area contributed by atoms with Crippen molar-refractivity contribution in [3.8, 4) is 0 Å². The summed E-state index contributed by atoms with van der Waals surface area (Å²) in [5.41, 5.74) is 0.297. The lowest BCUT2D eigenvalue weighted by atomic mass is 10.0. The molecule has 0 unspecified atom stereocenters. The molecule has 0 bridgehead atoms. The number of benzene rings is 2. The maximum Gasteiger partial charge on any atom is 0.340 e. The zero-order valence-electron chi connectivity index (χ0n) is 8.76. The molecule has 0 heterocycles. The fourth-order valence-electron chi connectivity index (χ4n) is 1.63. The molecule has 2 nitrogen and oxygen atoms in total. The number of ether oxygens (including phenoxy) is 1. The Balaban J connectivity index is 2.88. The van der Waals surface area contributed by atoms with Crippen LogP contribution in [0.5, 0.6) is 0 Å². The van der Waals surface area contributed by atoms with Crippen LogP contribution in [-0.2, 0) is 4.74 Å². The molecule has 0 aliphatic heterocycles. The van der Waals surface area contributed by atoms with E-state index in [-0.39, 0.29) is 5.02 Å². The minimum Gasteiger partial charge on any atom is -0.465 e. The molecule has 0 radical (unpaired) electrons. The molecule has 0 spiro atoms. The van der Waals surface area contributed by atoms with E-state index < -0.39 is 5.97 Å². The summed E-state index contributed by atoms with van der Waals surface area (Å²) in [6, 6.07) is 6.56. The fourth-order valence-corrected chi connectivity index (χ4v) is 2.41. The summed E-state index contributed by atoms with van der Waals surface area (Å²) >= 11 is 18.0. The van der Waals surface area contributed by atoms with Gasteiger partial charge in [0.15, 0.2) is 0 Å². The standard InChI is InChI=1S/C12H7Cl3O2/c1-17-12(16)11-7-3-2-6(13)4-8(7)9(14)5-10(11)15/h2-5H,1H3. The third kappa shape index (κ3) is 2.21. The first-order chi connectivity index (χ1) is 8.04. The summed E-state index contributed by atoms with van der Waals surface area (Å²) in [6.45, 7) is 0. The number of esters is 1. The van der Waals surface area contributed by atoms with Gasteiger partial charge >= 0.3 is 5.97 Å². The van der Waals surface area contributed by atoms with E-state index in [1.807, 2.05) is 0 Å². The molecule has 88 valence electrons. The lowest BCUT2D eigenvalue weighted by Gasteiger charge is -2.09. The minimum absolute atomic E-state index is 0.261. The zero-order chi connectivity index (χ0) is 12.6. The van der Waals surface area contributed by atoms with E-state index in [0.29, 0.717) is 26.4 Å². The molecular formula is C12H7Cl3O2. The van der Waals surface area contributed by atoms with Gasteiger partial charge in [0.05, 0.1) is 17.7 Å². The van der Waals surface area contributed by atoms with Gasteiger partial charge in [-0.3, -0.25) is 0 Å². The van der Waals surface area contributed by atoms with Crippen molar-refractivity contribution in [3.05, 3.63) is 44.9 Å². The highest BCUT2D eigenvalue weighted by Crippen LogP contribution is 2.34. The molecule has 0 amide bonds. The van der Waals surface area contributed by atoms with Crippen LogP contribution in [0.15, 0.2) is 24.3 Å². The molecule has 5 heteroatoms. The van der Waals surface area contributed by atoms with Gasteiger partial charge in [-0.25, -0.2) is 4.79 Å². The average Bonchev–Trinajstić information content (AvgIpc) is 2.29. The first kappa shape index (κ1) is 12.5. The van der Waals surface area contributed by atoms with E-state index >= 15 is 0 Å². The normalized spacial score (nSPS) is 10.6. The number of halogens is 3. The van der Waals surface area contributed by atoms with Crippen LogP contribution in [0.2, 0.25) is 15.1 Å². The lowest BCUT2D eigenvalue weighted by Crippen LogP contribution is -2.03. The Hall–Kier alpha value is -0.960. The van der Waals surface area contributed by atoms with Crippen molar-refractivity contribution in [1.82, 2.24) is 0 Å². The second kappa shape index (κ2) is 4.73. The second-order valence-corrected chi connectivity index (χ2v) is 4.65. The predicted molar refractivity (Wildman–Crippen MR) is 70.3 cm³/mol. The third-order valence-corrected chi connectivity index (χ3v) is 3.24. The van der Waals surface area contributed by atoms with Gasteiger partial charge in [0.25, 0.3) is 0 Å². The smallest absolute Gasteiger partial charge is 0.340 e. The van der Waals surface area contributed by atoms with Crippen LogP contribution in [0.4, 0.5) is 0 Å². The minimum atomic E-state index is -0.501. The van der Waals surface area contributed by atoms with Crippen LogP contribution >= 0.6 is 34.8 Å². The molecular weight excluding hydrogens is 282 g/mol. The Morgan fingerprint density at radius 1 is 1.06 bits per heavy atom. The number of methoxy groups -OCH3 is 1. The van der Waals surface area contributed by atoms with Crippen LogP contribution in [-0.4, -0.2) is 13.1 Å². The number of hydrogen-bond acceptors (Lipinski definition) is 2. The van der Waals surface area contributed by atoms with E-state index in [4.69, 9.17) is 39.5 Å². The summed E-state index contributed by atoms with van der Waals surface area (Å²) < 4.78 is 4.70. The molecule has 0 atom stereocenters. The third-order valence-electron chi connectivity index (χ3n) is 2.39. The molecule has 2 aromatic carbocycles. The lowest BCUT2D eigenvalue weighted by molar-refractivity contribution is 0.0603. The van der Waals surface area contributed by atoms with E-state index in [1.165, 1.54) is 13.2 Å². The Morgan fingerprint density at radius 3 is 2.41 bits per heavy atom. The second-order valence-electron chi connectivity index (χ2n) is 3.40. The van der Waals surface area contributed by atoms with E-state index in [2.05, 4.69) is 0 Å². The monoisotopic (exact) mass is 288 g/mol. The van der Waals surface area contributed by atoms with Gasteiger partial charge in [-0.15, -0.1) is 0 Å². The maximum atomic E-state index is 11.7. The van der Waals surface area contributed by atoms with Crippen molar-refractivity contribution in [2.24, 2.45) is 0 Å². The van der Waals surface area contributed by atoms with E-state index in [0.717, 1.165) is 0 Å². The summed E-state index contributed by atoms with van der Waals surface area (Å²) in [4.78, 5) is 11.7. The topological polar surface area (TPSA) is 26.3 Å². The number of carbonyl (C=O) groups excluding carboxylic acids is 1. The van der Waals surface area contributed by atoms with Crippen molar-refractivity contribution in [2.75, 3.05) is 7.11 Å². The van der Waals surface area contributed by atoms with Crippen LogP contribution in [0, 0.1) is 0 Å². The Morgan fingerprint density at radius 2 is 1.76 bits per heavy atom. The maximum absolute atomic E-state index is 11.7. The molecule has 0 saturated carbocycles. The Bertz CT molecular complexity index is 608. The van der Waals surface area contributed by atoms with E-state index in [1.54, 1.807) is 18.2 Å². The predicted octanol–water partition coefficient (Wildman–Crippen LogP) is 4.59. The highest BCUT2D eigenvalue weighted by atomic mass is 35.5. The SMILES string of the molecule is COC(=O)c1c(Cl)cc(Cl)c2cc(Cl)ccc12. The number of fused-ring (bicyclic) bond motifs is 1. The van der Waals surface area contributed by atoms with Gasteiger partial charge in [-0.2, -0.15) is 0 Å². The molecule has 0 aliphatic carbocycles. The first-order valence-corrected chi connectivity index (χ1v) is 5.83. The highest BCUT2D eigenvalue weighted by Gasteiger charge is 2.17. The van der Waals surface area contributed by atoms with Crippen LogP contribution < -0.4 is 0 Å². The molecule has 17 heavy (non-hydrogen) atoms. The Labute approximate surface area is 113 Å². The summed E-state index contributed by atoms with van der Waals surface area (Å²) in [7, 11) is 1.30. The van der Waals surface area contributed by atoms with Crippen LogP contribution in [0.1, 0.15) is 10.4 Å². The fraction of sp³-hybridized carbons (Fsp3) is 0.0833. The van der Waals surface area contributed by atoms with Gasteiger partial charge in [0.1, 0.15) is 0 Å². The largest absolute Gasteiger partial charge is 0.465 e. The summed E-state index contributed by atoms with van der Waals surface area (Å²) in [5, 5.41) is 2.54. The first-order valence-electron chi connectivity index (χ1n) is 4.70.